The molecule has 1 aromatic rings. The van der Waals surface area contributed by atoms with Gasteiger partial charge in [-0.1, -0.05) is 0 Å². The lowest BCUT2D eigenvalue weighted by Gasteiger charge is -2.17. The van der Waals surface area contributed by atoms with Crippen molar-refractivity contribution in [3.05, 3.63) is 39.4 Å². The Labute approximate surface area is 116 Å². The highest BCUT2D eigenvalue weighted by molar-refractivity contribution is 5.97. The van der Waals surface area contributed by atoms with E-state index in [4.69, 9.17) is 4.74 Å². The molecule has 7 nitrogen and oxygen atoms in total. The number of nitro groups is 1. The zero-order valence-electron chi connectivity index (χ0n) is 11.6. The SMILES string of the molecule is CCOC(=O)CN(C)C(=O)c1ccc([N+](=O)[O-])cc1C. The Hall–Kier alpha value is -2.44. The van der Waals surface area contributed by atoms with Gasteiger partial charge in [0, 0.05) is 24.7 Å². The van der Waals surface area contributed by atoms with Crippen molar-refractivity contribution in [1.29, 1.82) is 0 Å². The summed E-state index contributed by atoms with van der Waals surface area (Å²) < 4.78 is 4.76. The van der Waals surface area contributed by atoms with Crippen LogP contribution in [0, 0.1) is 17.0 Å². The van der Waals surface area contributed by atoms with Crippen molar-refractivity contribution in [3.63, 3.8) is 0 Å². The number of aryl methyl sites for hydroxylation is 1. The molecule has 7 heteroatoms. The summed E-state index contributed by atoms with van der Waals surface area (Å²) in [5.74, 6) is -0.881. The number of nitro benzene ring substituents is 1. The molecule has 1 rings (SSSR count). The van der Waals surface area contributed by atoms with E-state index in [1.807, 2.05) is 0 Å². The molecule has 0 N–H and O–H groups in total. The van der Waals surface area contributed by atoms with Gasteiger partial charge in [0.25, 0.3) is 11.6 Å². The lowest BCUT2D eigenvalue weighted by molar-refractivity contribution is -0.384. The maximum atomic E-state index is 12.1. The highest BCUT2D eigenvalue weighted by Gasteiger charge is 2.19. The molecule has 0 saturated carbocycles. The zero-order chi connectivity index (χ0) is 15.3. The number of carbonyl (C=O) groups is 2. The summed E-state index contributed by atoms with van der Waals surface area (Å²) in [7, 11) is 1.47. The van der Waals surface area contributed by atoms with Gasteiger partial charge in [-0.15, -0.1) is 0 Å². The number of carbonyl (C=O) groups excluding carboxylic acids is 2. The predicted molar refractivity (Wildman–Crippen MR) is 71.4 cm³/mol. The van der Waals surface area contributed by atoms with Gasteiger partial charge in [0.15, 0.2) is 0 Å². The summed E-state index contributed by atoms with van der Waals surface area (Å²) in [5, 5.41) is 10.6. The normalized spacial score (nSPS) is 9.95. The van der Waals surface area contributed by atoms with Crippen molar-refractivity contribution in [2.24, 2.45) is 0 Å². The second-order valence-electron chi connectivity index (χ2n) is 4.22. The van der Waals surface area contributed by atoms with E-state index in [9.17, 15) is 19.7 Å². The Bertz CT molecular complexity index is 542. The maximum Gasteiger partial charge on any atom is 0.325 e. The zero-order valence-corrected chi connectivity index (χ0v) is 11.6. The topological polar surface area (TPSA) is 89.8 Å². The number of hydrogen-bond acceptors (Lipinski definition) is 5. The second-order valence-corrected chi connectivity index (χ2v) is 4.22. The van der Waals surface area contributed by atoms with E-state index in [1.165, 1.54) is 30.1 Å². The summed E-state index contributed by atoms with van der Waals surface area (Å²) in [5.41, 5.74) is 0.731. The quantitative estimate of drug-likeness (QED) is 0.463. The molecule has 0 heterocycles. The Kier molecular flexibility index (Phi) is 5.19. The van der Waals surface area contributed by atoms with Gasteiger partial charge in [-0.3, -0.25) is 19.7 Å². The van der Waals surface area contributed by atoms with Gasteiger partial charge < -0.3 is 9.64 Å². The average molecular weight is 280 g/mol. The van der Waals surface area contributed by atoms with Crippen molar-refractivity contribution < 1.29 is 19.2 Å². The molecule has 0 aliphatic rings. The lowest BCUT2D eigenvalue weighted by Crippen LogP contribution is -2.33. The summed E-state index contributed by atoms with van der Waals surface area (Å²) in [6.45, 7) is 3.37. The third kappa shape index (κ3) is 3.78. The van der Waals surface area contributed by atoms with Gasteiger partial charge >= 0.3 is 5.97 Å². The number of rotatable bonds is 5. The molecule has 1 aromatic carbocycles. The molecule has 0 spiro atoms. The second kappa shape index (κ2) is 6.65. The van der Waals surface area contributed by atoms with Gasteiger partial charge in [0.1, 0.15) is 6.54 Å². The van der Waals surface area contributed by atoms with Crippen LogP contribution in [0.1, 0.15) is 22.8 Å². The Morgan fingerprint density at radius 2 is 2.05 bits per heavy atom. The molecular weight excluding hydrogens is 264 g/mol. The van der Waals surface area contributed by atoms with Crippen LogP contribution < -0.4 is 0 Å². The molecule has 20 heavy (non-hydrogen) atoms. The van der Waals surface area contributed by atoms with Crippen molar-refractivity contribution in [3.8, 4) is 0 Å². The Morgan fingerprint density at radius 3 is 2.55 bits per heavy atom. The first-order chi connectivity index (χ1) is 9.36. The molecule has 0 unspecified atom stereocenters. The number of nitrogens with zero attached hydrogens (tertiary/aromatic N) is 2. The maximum absolute atomic E-state index is 12.1. The van der Waals surface area contributed by atoms with E-state index in [0.717, 1.165) is 0 Å². The standard InChI is InChI=1S/C13H16N2O5/c1-4-20-12(16)8-14(3)13(17)11-6-5-10(15(18)19)7-9(11)2/h5-7H,4,8H2,1-3H3. The van der Waals surface area contributed by atoms with Crippen LogP contribution in [0.15, 0.2) is 18.2 Å². The molecule has 0 radical (unpaired) electrons. The number of ether oxygens (including phenoxy) is 1. The predicted octanol–water partition coefficient (Wildman–Crippen LogP) is 1.54. The van der Waals surface area contributed by atoms with Crippen LogP contribution in [-0.2, 0) is 9.53 Å². The summed E-state index contributed by atoms with van der Waals surface area (Å²) in [6.07, 6.45) is 0. The molecule has 0 aliphatic heterocycles. The molecule has 0 aliphatic carbocycles. The van der Waals surface area contributed by atoms with Gasteiger partial charge in [-0.05, 0) is 25.5 Å². The number of hydrogen-bond donors (Lipinski definition) is 0. The number of amides is 1. The first-order valence-corrected chi connectivity index (χ1v) is 6.03. The minimum absolute atomic E-state index is 0.0768. The highest BCUT2D eigenvalue weighted by Crippen LogP contribution is 2.18. The lowest BCUT2D eigenvalue weighted by atomic mass is 10.1. The van der Waals surface area contributed by atoms with Crippen LogP contribution in [0.3, 0.4) is 0 Å². The summed E-state index contributed by atoms with van der Waals surface area (Å²) in [6, 6.07) is 3.97. The van der Waals surface area contributed by atoms with E-state index >= 15 is 0 Å². The fraction of sp³-hybridized carbons (Fsp3) is 0.385. The van der Waals surface area contributed by atoms with E-state index in [1.54, 1.807) is 13.8 Å². The smallest absolute Gasteiger partial charge is 0.325 e. The van der Waals surface area contributed by atoms with Crippen LogP contribution in [0.5, 0.6) is 0 Å². The number of non-ortho nitro benzene ring substituents is 1. The van der Waals surface area contributed by atoms with Crippen LogP contribution in [0.25, 0.3) is 0 Å². The van der Waals surface area contributed by atoms with Crippen LogP contribution in [0.4, 0.5) is 5.69 Å². The van der Waals surface area contributed by atoms with E-state index < -0.39 is 10.9 Å². The van der Waals surface area contributed by atoms with E-state index in [-0.39, 0.29) is 24.7 Å². The van der Waals surface area contributed by atoms with Crippen LogP contribution in [0.2, 0.25) is 0 Å². The minimum atomic E-state index is -0.524. The molecule has 0 bridgehead atoms. The van der Waals surface area contributed by atoms with Gasteiger partial charge in [0.05, 0.1) is 11.5 Å². The van der Waals surface area contributed by atoms with Crippen molar-refractivity contribution >= 4 is 17.6 Å². The summed E-state index contributed by atoms with van der Waals surface area (Å²) >= 11 is 0. The van der Waals surface area contributed by atoms with Crippen LogP contribution >= 0.6 is 0 Å². The first-order valence-electron chi connectivity index (χ1n) is 6.03. The first kappa shape index (κ1) is 15.6. The third-order valence-corrected chi connectivity index (χ3v) is 2.67. The Morgan fingerprint density at radius 1 is 1.40 bits per heavy atom. The fourth-order valence-electron chi connectivity index (χ4n) is 1.68. The van der Waals surface area contributed by atoms with Gasteiger partial charge in [-0.25, -0.2) is 0 Å². The molecule has 108 valence electrons. The number of esters is 1. The molecule has 0 fully saturated rings. The van der Waals surface area contributed by atoms with Crippen molar-refractivity contribution in [2.75, 3.05) is 20.2 Å². The number of benzene rings is 1. The number of likely N-dealkylation sites (N-methyl/N-ethyl adjacent to an activating group) is 1. The molecule has 0 aromatic heterocycles. The minimum Gasteiger partial charge on any atom is -0.465 e. The third-order valence-electron chi connectivity index (χ3n) is 2.67. The van der Waals surface area contributed by atoms with E-state index in [2.05, 4.69) is 0 Å². The molecule has 1 amide bonds. The monoisotopic (exact) mass is 280 g/mol. The molecule has 0 atom stereocenters. The fourth-order valence-corrected chi connectivity index (χ4v) is 1.68. The van der Waals surface area contributed by atoms with Crippen molar-refractivity contribution in [2.45, 2.75) is 13.8 Å². The molecule has 0 saturated heterocycles. The Balaban J connectivity index is 2.86. The van der Waals surface area contributed by atoms with Crippen molar-refractivity contribution in [1.82, 2.24) is 4.90 Å². The largest absolute Gasteiger partial charge is 0.465 e. The highest BCUT2D eigenvalue weighted by atomic mass is 16.6. The molecular formula is C13H16N2O5. The average Bonchev–Trinajstić information content (AvgIpc) is 2.37. The van der Waals surface area contributed by atoms with Gasteiger partial charge in [-0.2, -0.15) is 0 Å². The van der Waals surface area contributed by atoms with Crippen LogP contribution in [-0.4, -0.2) is 41.9 Å². The van der Waals surface area contributed by atoms with Gasteiger partial charge in [0.2, 0.25) is 0 Å². The summed E-state index contributed by atoms with van der Waals surface area (Å²) in [4.78, 5) is 34.8. The van der Waals surface area contributed by atoms with E-state index in [0.29, 0.717) is 11.1 Å².